The van der Waals surface area contributed by atoms with Gasteiger partial charge >= 0.3 is 18.0 Å². The third-order valence-corrected chi connectivity index (χ3v) is 7.32. The van der Waals surface area contributed by atoms with Crippen LogP contribution in [0.3, 0.4) is 0 Å². The molecule has 8 nitrogen and oxygen atoms in total. The largest absolute Gasteiger partial charge is 0.400 e. The number of aromatic amines is 1. The SMILES string of the molecule is COC1c2c(c(=O)[nH]c(=O)n2C2CC2)C(N)=C(F)C1N1CC(CN)C(CC(C(F)(F)F)C(F)(F)F)C1. The number of ether oxygens (including phenoxy) is 1. The van der Waals surface area contributed by atoms with E-state index in [-0.39, 0.29) is 36.9 Å². The van der Waals surface area contributed by atoms with E-state index in [1.54, 1.807) is 0 Å². The lowest BCUT2D eigenvalue weighted by Gasteiger charge is -2.38. The van der Waals surface area contributed by atoms with Crippen molar-refractivity contribution in [2.45, 2.75) is 49.8 Å². The Kier molecular flexibility index (Phi) is 6.79. The van der Waals surface area contributed by atoms with Crippen LogP contribution in [0.5, 0.6) is 0 Å². The minimum Gasteiger partial charge on any atom is -0.396 e. The molecule has 0 amide bonds. The van der Waals surface area contributed by atoms with E-state index in [1.165, 1.54) is 16.6 Å². The molecule has 0 bridgehead atoms. The minimum absolute atomic E-state index is 0.0360. The summed E-state index contributed by atoms with van der Waals surface area (Å²) in [7, 11) is 1.20. The van der Waals surface area contributed by atoms with E-state index in [0.717, 1.165) is 0 Å². The number of methoxy groups -OCH3 is 1. The standard InChI is InChI=1S/C21H26F7N5O3/c1-36-17-15-12(18(34)31-19(35)33(15)10-2-3-10)14(30)13(22)16(17)32-6-8(9(5-29)7-32)4-11(20(23,24)25)21(26,27)28/h8-11,16-17H,2-7,29-30H2,1H3,(H,31,34,35). The molecule has 1 aliphatic heterocycles. The third kappa shape index (κ3) is 4.56. The van der Waals surface area contributed by atoms with Crippen molar-refractivity contribution >= 4 is 5.70 Å². The van der Waals surface area contributed by atoms with Gasteiger partial charge in [0.15, 0.2) is 5.92 Å². The molecule has 4 rings (SSSR count). The normalized spacial score (nSPS) is 27.7. The average molecular weight is 529 g/mol. The predicted molar refractivity (Wildman–Crippen MR) is 113 cm³/mol. The van der Waals surface area contributed by atoms with E-state index < -0.39 is 71.4 Å². The van der Waals surface area contributed by atoms with E-state index in [9.17, 15) is 35.9 Å². The monoisotopic (exact) mass is 529 g/mol. The number of likely N-dealkylation sites (tertiary alicyclic amines) is 1. The van der Waals surface area contributed by atoms with Gasteiger partial charge in [0.1, 0.15) is 11.9 Å². The van der Waals surface area contributed by atoms with Gasteiger partial charge in [-0.1, -0.05) is 0 Å². The summed E-state index contributed by atoms with van der Waals surface area (Å²) in [6.45, 7) is -0.694. The summed E-state index contributed by atoms with van der Waals surface area (Å²) in [5.41, 5.74) is 9.19. The van der Waals surface area contributed by atoms with E-state index in [4.69, 9.17) is 16.2 Å². The van der Waals surface area contributed by atoms with Crippen molar-refractivity contribution in [3.05, 3.63) is 37.9 Å². The van der Waals surface area contributed by atoms with Crippen LogP contribution in [0.4, 0.5) is 30.7 Å². The number of H-pyrrole nitrogens is 1. The number of rotatable bonds is 6. The van der Waals surface area contributed by atoms with Gasteiger partial charge in [-0.3, -0.25) is 19.2 Å². The van der Waals surface area contributed by atoms with Crippen LogP contribution < -0.4 is 22.7 Å². The highest BCUT2D eigenvalue weighted by Gasteiger charge is 2.58. The molecule has 4 unspecified atom stereocenters. The molecule has 1 aromatic heterocycles. The summed E-state index contributed by atoms with van der Waals surface area (Å²) in [6.07, 6.45) is -12.3. The number of nitrogens with one attached hydrogen (secondary N) is 1. The van der Waals surface area contributed by atoms with Crippen molar-refractivity contribution in [2.75, 3.05) is 26.7 Å². The summed E-state index contributed by atoms with van der Waals surface area (Å²) in [5.74, 6) is -6.52. The lowest BCUT2D eigenvalue weighted by molar-refractivity contribution is -0.288. The van der Waals surface area contributed by atoms with E-state index in [2.05, 4.69) is 4.98 Å². The van der Waals surface area contributed by atoms with Crippen LogP contribution in [0.25, 0.3) is 5.70 Å². The van der Waals surface area contributed by atoms with Gasteiger partial charge in [0.25, 0.3) is 5.56 Å². The highest BCUT2D eigenvalue weighted by atomic mass is 19.4. The van der Waals surface area contributed by atoms with Crippen molar-refractivity contribution in [2.24, 2.45) is 29.2 Å². The van der Waals surface area contributed by atoms with Crippen molar-refractivity contribution in [1.29, 1.82) is 0 Å². The van der Waals surface area contributed by atoms with Gasteiger partial charge in [-0.25, -0.2) is 9.18 Å². The Balaban J connectivity index is 1.73. The molecule has 4 atom stereocenters. The molecule has 2 aliphatic carbocycles. The first kappa shape index (κ1) is 26.7. The average Bonchev–Trinajstić information content (AvgIpc) is 3.51. The summed E-state index contributed by atoms with van der Waals surface area (Å²) in [6, 6.07) is -1.65. The second-order valence-electron chi connectivity index (χ2n) is 9.56. The Bertz CT molecular complexity index is 1140. The zero-order valence-corrected chi connectivity index (χ0v) is 19.1. The topological polar surface area (TPSA) is 119 Å². The molecule has 0 radical (unpaired) electrons. The van der Waals surface area contributed by atoms with Gasteiger partial charge in [0.2, 0.25) is 0 Å². The number of hydrogen-bond acceptors (Lipinski definition) is 6. The maximum Gasteiger partial charge on any atom is 0.400 e. The fraction of sp³-hybridized carbons (Fsp3) is 0.714. The van der Waals surface area contributed by atoms with Gasteiger partial charge < -0.3 is 16.2 Å². The summed E-state index contributed by atoms with van der Waals surface area (Å²) in [4.78, 5) is 28.6. The van der Waals surface area contributed by atoms with E-state index >= 15 is 4.39 Å². The van der Waals surface area contributed by atoms with Crippen molar-refractivity contribution in [3.8, 4) is 0 Å². The molecule has 36 heavy (non-hydrogen) atoms. The first-order valence-corrected chi connectivity index (χ1v) is 11.3. The van der Waals surface area contributed by atoms with Crippen LogP contribution >= 0.6 is 0 Å². The number of alkyl halides is 6. The number of hydrogen-bond donors (Lipinski definition) is 3. The molecular formula is C21H26F7N5O3. The van der Waals surface area contributed by atoms with Crippen molar-refractivity contribution < 1.29 is 35.5 Å². The van der Waals surface area contributed by atoms with Crippen LogP contribution in [0.1, 0.15) is 42.7 Å². The smallest absolute Gasteiger partial charge is 0.396 e. The van der Waals surface area contributed by atoms with Crippen molar-refractivity contribution in [1.82, 2.24) is 14.5 Å². The Morgan fingerprint density at radius 3 is 2.17 bits per heavy atom. The van der Waals surface area contributed by atoms with E-state index in [0.29, 0.717) is 12.8 Å². The number of fused-ring (bicyclic) bond motifs is 1. The number of aromatic nitrogens is 2. The molecule has 0 spiro atoms. The number of nitrogens with two attached hydrogens (primary N) is 2. The fourth-order valence-electron chi connectivity index (χ4n) is 5.45. The molecular weight excluding hydrogens is 503 g/mol. The van der Waals surface area contributed by atoms with Gasteiger partial charge in [-0.05, 0) is 37.6 Å². The summed E-state index contributed by atoms with van der Waals surface area (Å²) < 4.78 is 102. The zero-order valence-electron chi connectivity index (χ0n) is 19.1. The quantitative estimate of drug-likeness (QED) is 0.486. The highest BCUT2D eigenvalue weighted by Crippen LogP contribution is 2.48. The maximum atomic E-state index is 15.6. The highest BCUT2D eigenvalue weighted by molar-refractivity contribution is 5.70. The molecule has 5 N–H and O–H groups in total. The number of nitrogens with zero attached hydrogens (tertiary/aromatic N) is 2. The van der Waals surface area contributed by atoms with Gasteiger partial charge in [0.05, 0.1) is 23.0 Å². The molecule has 2 heterocycles. The molecule has 3 aliphatic rings. The fourth-order valence-corrected chi connectivity index (χ4v) is 5.45. The summed E-state index contributed by atoms with van der Waals surface area (Å²) >= 11 is 0. The van der Waals surface area contributed by atoms with Crippen LogP contribution in [0.15, 0.2) is 15.4 Å². The van der Waals surface area contributed by atoms with Gasteiger partial charge in [-0.2, -0.15) is 26.3 Å². The molecule has 1 saturated heterocycles. The Hall–Kier alpha value is -2.39. The predicted octanol–water partition coefficient (Wildman–Crippen LogP) is 2.18. The lowest BCUT2D eigenvalue weighted by Crippen LogP contribution is -2.48. The lowest BCUT2D eigenvalue weighted by atomic mass is 9.86. The molecule has 1 saturated carbocycles. The van der Waals surface area contributed by atoms with Crippen LogP contribution in [0.2, 0.25) is 0 Å². The van der Waals surface area contributed by atoms with Crippen LogP contribution in [-0.2, 0) is 4.74 Å². The van der Waals surface area contributed by atoms with Crippen LogP contribution in [0, 0.1) is 17.8 Å². The van der Waals surface area contributed by atoms with E-state index in [1.807, 2.05) is 0 Å². The zero-order chi connectivity index (χ0) is 26.7. The minimum atomic E-state index is -5.51. The Morgan fingerprint density at radius 1 is 1.08 bits per heavy atom. The Labute approximate surface area is 200 Å². The maximum absolute atomic E-state index is 15.6. The molecule has 2 fully saturated rings. The first-order chi connectivity index (χ1) is 16.7. The van der Waals surface area contributed by atoms with Crippen LogP contribution in [-0.4, -0.2) is 59.6 Å². The second kappa shape index (κ2) is 9.17. The Morgan fingerprint density at radius 2 is 1.67 bits per heavy atom. The third-order valence-electron chi connectivity index (χ3n) is 7.32. The van der Waals surface area contributed by atoms with Gasteiger partial charge in [0, 0.05) is 26.2 Å². The molecule has 15 heteroatoms. The number of halogens is 7. The second-order valence-corrected chi connectivity index (χ2v) is 9.56. The summed E-state index contributed by atoms with van der Waals surface area (Å²) in [5, 5.41) is 0. The molecule has 1 aromatic rings. The molecule has 0 aromatic carbocycles. The molecule has 202 valence electrons. The first-order valence-electron chi connectivity index (χ1n) is 11.3. The van der Waals surface area contributed by atoms with Gasteiger partial charge in [-0.15, -0.1) is 0 Å². The van der Waals surface area contributed by atoms with Crippen molar-refractivity contribution in [3.63, 3.8) is 0 Å².